The summed E-state index contributed by atoms with van der Waals surface area (Å²) in [5.41, 5.74) is 1.95. The highest BCUT2D eigenvalue weighted by atomic mass is 16.1. The number of hydrogen-bond acceptors (Lipinski definition) is 5. The molecule has 120 valence electrons. The Labute approximate surface area is 133 Å². The molecule has 0 saturated heterocycles. The molecule has 0 spiro atoms. The third kappa shape index (κ3) is 3.08. The molecule has 0 aliphatic carbocycles. The van der Waals surface area contributed by atoms with Gasteiger partial charge in [-0.25, -0.2) is 4.68 Å². The van der Waals surface area contributed by atoms with E-state index in [2.05, 4.69) is 25.4 Å². The molecular formula is C16H20N6O. The summed E-state index contributed by atoms with van der Waals surface area (Å²) in [5, 5.41) is 7.90. The van der Waals surface area contributed by atoms with Crippen molar-refractivity contribution in [2.75, 3.05) is 5.32 Å². The van der Waals surface area contributed by atoms with Gasteiger partial charge < -0.3 is 5.32 Å². The zero-order valence-corrected chi connectivity index (χ0v) is 13.7. The Balaban J connectivity index is 1.94. The smallest absolute Gasteiger partial charge is 0.263 e. The lowest BCUT2D eigenvalue weighted by atomic mass is 10.1. The summed E-state index contributed by atoms with van der Waals surface area (Å²) in [6.07, 6.45) is 1.55. The highest BCUT2D eigenvalue weighted by Gasteiger charge is 2.19. The van der Waals surface area contributed by atoms with Gasteiger partial charge in [-0.1, -0.05) is 6.07 Å². The standard InChI is InChI=1S/C16H20N6O/c1-10-6-5-7-11(19-10)8-17-15-20-13-12(14(23)21-15)9-18-22(13)16(2,3)4/h5-7,9H,8H2,1-4H3,(H2,17,20,21,23). The van der Waals surface area contributed by atoms with E-state index in [4.69, 9.17) is 0 Å². The highest BCUT2D eigenvalue weighted by molar-refractivity contribution is 5.74. The van der Waals surface area contributed by atoms with Crippen LogP contribution < -0.4 is 10.9 Å². The molecule has 0 aliphatic heterocycles. The van der Waals surface area contributed by atoms with E-state index in [-0.39, 0.29) is 11.1 Å². The van der Waals surface area contributed by atoms with Gasteiger partial charge in [-0.2, -0.15) is 10.1 Å². The molecule has 3 aromatic heterocycles. The summed E-state index contributed by atoms with van der Waals surface area (Å²) >= 11 is 0. The SMILES string of the molecule is Cc1cccc(CNc2nc3c(cnn3C(C)(C)C)c(=O)[nH]2)n1. The van der Waals surface area contributed by atoms with Crippen molar-refractivity contribution in [3.05, 3.63) is 46.1 Å². The van der Waals surface area contributed by atoms with E-state index in [0.29, 0.717) is 23.5 Å². The molecule has 3 aromatic rings. The summed E-state index contributed by atoms with van der Waals surface area (Å²) in [4.78, 5) is 23.9. The van der Waals surface area contributed by atoms with Crippen LogP contribution in [0, 0.1) is 6.92 Å². The molecular weight excluding hydrogens is 292 g/mol. The van der Waals surface area contributed by atoms with E-state index < -0.39 is 0 Å². The van der Waals surface area contributed by atoms with Gasteiger partial charge in [-0.05, 0) is 39.8 Å². The van der Waals surface area contributed by atoms with Crippen LogP contribution in [0.5, 0.6) is 0 Å². The van der Waals surface area contributed by atoms with Gasteiger partial charge in [0, 0.05) is 5.69 Å². The van der Waals surface area contributed by atoms with Crippen LogP contribution in [0.4, 0.5) is 5.95 Å². The van der Waals surface area contributed by atoms with E-state index in [9.17, 15) is 4.79 Å². The van der Waals surface area contributed by atoms with Gasteiger partial charge >= 0.3 is 0 Å². The number of aromatic amines is 1. The van der Waals surface area contributed by atoms with Crippen LogP contribution in [0.1, 0.15) is 32.2 Å². The molecule has 0 fully saturated rings. The van der Waals surface area contributed by atoms with Gasteiger partial charge in [0.25, 0.3) is 5.56 Å². The molecule has 23 heavy (non-hydrogen) atoms. The van der Waals surface area contributed by atoms with Gasteiger partial charge in [0.2, 0.25) is 5.95 Å². The largest absolute Gasteiger partial charge is 0.350 e. The first-order valence-electron chi connectivity index (χ1n) is 7.49. The lowest BCUT2D eigenvalue weighted by Gasteiger charge is -2.19. The summed E-state index contributed by atoms with van der Waals surface area (Å²) in [7, 11) is 0. The van der Waals surface area contributed by atoms with Gasteiger partial charge in [0.1, 0.15) is 5.39 Å². The number of hydrogen-bond donors (Lipinski definition) is 2. The normalized spacial score (nSPS) is 11.8. The van der Waals surface area contributed by atoms with Crippen LogP contribution in [-0.2, 0) is 12.1 Å². The number of fused-ring (bicyclic) bond motifs is 1. The summed E-state index contributed by atoms with van der Waals surface area (Å²) in [5.74, 6) is 0.414. The van der Waals surface area contributed by atoms with Gasteiger partial charge in [0.15, 0.2) is 5.65 Å². The molecule has 0 atom stereocenters. The Morgan fingerprint density at radius 1 is 1.26 bits per heavy atom. The molecule has 7 nitrogen and oxygen atoms in total. The van der Waals surface area contributed by atoms with Crippen molar-refractivity contribution in [2.45, 2.75) is 39.8 Å². The number of anilines is 1. The first kappa shape index (κ1) is 15.2. The number of aryl methyl sites for hydroxylation is 1. The fourth-order valence-electron chi connectivity index (χ4n) is 2.37. The average Bonchev–Trinajstić information content (AvgIpc) is 2.90. The Kier molecular flexibility index (Phi) is 3.63. The van der Waals surface area contributed by atoms with E-state index in [0.717, 1.165) is 11.4 Å². The van der Waals surface area contributed by atoms with Crippen molar-refractivity contribution in [3.8, 4) is 0 Å². The Morgan fingerprint density at radius 2 is 2.04 bits per heavy atom. The minimum atomic E-state index is -0.252. The fraction of sp³-hybridized carbons (Fsp3) is 0.375. The second kappa shape index (κ2) is 5.49. The van der Waals surface area contributed by atoms with Crippen molar-refractivity contribution < 1.29 is 0 Å². The third-order valence-corrected chi connectivity index (χ3v) is 3.46. The number of H-pyrrole nitrogens is 1. The first-order valence-corrected chi connectivity index (χ1v) is 7.49. The maximum atomic E-state index is 12.2. The number of pyridine rings is 1. The van der Waals surface area contributed by atoms with Gasteiger partial charge in [-0.3, -0.25) is 14.8 Å². The minimum absolute atomic E-state index is 0.204. The summed E-state index contributed by atoms with van der Waals surface area (Å²) < 4.78 is 1.76. The van der Waals surface area contributed by atoms with Crippen LogP contribution in [0.2, 0.25) is 0 Å². The van der Waals surface area contributed by atoms with Crippen LogP contribution >= 0.6 is 0 Å². The molecule has 3 heterocycles. The minimum Gasteiger partial charge on any atom is -0.350 e. The quantitative estimate of drug-likeness (QED) is 0.774. The molecule has 3 rings (SSSR count). The lowest BCUT2D eigenvalue weighted by Crippen LogP contribution is -2.24. The monoisotopic (exact) mass is 312 g/mol. The average molecular weight is 312 g/mol. The van der Waals surface area contributed by atoms with Crippen molar-refractivity contribution >= 4 is 17.0 Å². The number of nitrogens with one attached hydrogen (secondary N) is 2. The Morgan fingerprint density at radius 3 is 2.74 bits per heavy atom. The molecule has 0 aromatic carbocycles. The topological polar surface area (TPSA) is 88.5 Å². The van der Waals surface area contributed by atoms with Crippen molar-refractivity contribution in [1.29, 1.82) is 0 Å². The summed E-state index contributed by atoms with van der Waals surface area (Å²) in [6, 6.07) is 5.82. The zero-order valence-electron chi connectivity index (χ0n) is 13.7. The molecule has 0 saturated carbocycles. The van der Waals surface area contributed by atoms with E-state index in [1.807, 2.05) is 45.9 Å². The van der Waals surface area contributed by atoms with Crippen LogP contribution in [0.3, 0.4) is 0 Å². The first-order chi connectivity index (χ1) is 10.8. The van der Waals surface area contributed by atoms with Crippen molar-refractivity contribution in [1.82, 2.24) is 24.7 Å². The molecule has 0 unspecified atom stereocenters. The van der Waals surface area contributed by atoms with Crippen molar-refractivity contribution in [2.24, 2.45) is 0 Å². The maximum absolute atomic E-state index is 12.2. The van der Waals surface area contributed by atoms with E-state index in [1.54, 1.807) is 10.9 Å². The van der Waals surface area contributed by atoms with Crippen LogP contribution in [0.15, 0.2) is 29.2 Å². The Hall–Kier alpha value is -2.70. The number of aromatic nitrogens is 5. The predicted molar refractivity (Wildman–Crippen MR) is 89.4 cm³/mol. The predicted octanol–water partition coefficient (Wildman–Crippen LogP) is 2.19. The van der Waals surface area contributed by atoms with Gasteiger partial charge in [0.05, 0.1) is 24.0 Å². The van der Waals surface area contributed by atoms with Crippen LogP contribution in [0.25, 0.3) is 11.0 Å². The lowest BCUT2D eigenvalue weighted by molar-refractivity contribution is 0.366. The zero-order chi connectivity index (χ0) is 16.6. The Bertz CT molecular complexity index is 903. The number of nitrogens with zero attached hydrogens (tertiary/aromatic N) is 4. The molecule has 0 aliphatic rings. The number of rotatable bonds is 3. The fourth-order valence-corrected chi connectivity index (χ4v) is 2.37. The molecule has 0 radical (unpaired) electrons. The maximum Gasteiger partial charge on any atom is 0.263 e. The third-order valence-electron chi connectivity index (χ3n) is 3.46. The van der Waals surface area contributed by atoms with Crippen LogP contribution in [-0.4, -0.2) is 24.7 Å². The molecule has 2 N–H and O–H groups in total. The molecule has 7 heteroatoms. The second-order valence-electron chi connectivity index (χ2n) is 6.50. The molecule has 0 amide bonds. The second-order valence-corrected chi connectivity index (χ2v) is 6.50. The summed E-state index contributed by atoms with van der Waals surface area (Å²) in [6.45, 7) is 8.49. The van der Waals surface area contributed by atoms with Gasteiger partial charge in [-0.15, -0.1) is 0 Å². The van der Waals surface area contributed by atoms with E-state index >= 15 is 0 Å². The molecule has 0 bridgehead atoms. The van der Waals surface area contributed by atoms with Crippen molar-refractivity contribution in [3.63, 3.8) is 0 Å². The highest BCUT2D eigenvalue weighted by Crippen LogP contribution is 2.18. The van der Waals surface area contributed by atoms with E-state index in [1.165, 1.54) is 0 Å².